The summed E-state index contributed by atoms with van der Waals surface area (Å²) in [5, 5.41) is 76.3. The van der Waals surface area contributed by atoms with Gasteiger partial charge in [-0.2, -0.15) is 0 Å². The molecule has 7 nitrogen and oxygen atoms in total. The maximum absolute atomic E-state index is 12.8. The molecule has 0 atom stereocenters. The van der Waals surface area contributed by atoms with Gasteiger partial charge in [0.1, 0.15) is 40.2 Å². The fourth-order valence-electron chi connectivity index (χ4n) is 11.9. The van der Waals surface area contributed by atoms with E-state index in [2.05, 4.69) is 230 Å². The van der Waals surface area contributed by atoms with Gasteiger partial charge in [0, 0.05) is 44.9 Å². The number of rotatable bonds is 1. The molecule has 8 rings (SSSR count). The van der Waals surface area contributed by atoms with E-state index in [1.54, 1.807) is 7.11 Å². The van der Waals surface area contributed by atoms with Gasteiger partial charge in [-0.1, -0.05) is 230 Å². The summed E-state index contributed by atoms with van der Waals surface area (Å²) in [6.45, 7) is 45.5. The molecule has 0 saturated heterocycles. The van der Waals surface area contributed by atoms with Gasteiger partial charge in [-0.05, 0) is 155 Å². The highest BCUT2D eigenvalue weighted by molar-refractivity contribution is 5.61. The Kier molecular flexibility index (Phi) is 16.9. The molecule has 1 aliphatic carbocycles. The number of fused-ring (bicyclic) bond motifs is 14. The van der Waals surface area contributed by atoms with Crippen LogP contribution >= 0.6 is 0 Å². The van der Waals surface area contributed by atoms with Crippen molar-refractivity contribution < 1.29 is 35.4 Å². The molecule has 7 aromatic carbocycles. The summed E-state index contributed by atoms with van der Waals surface area (Å²) in [6.07, 6.45) is 1.84. The Balaban J connectivity index is 1.47. The number of hydrogen-bond donors (Lipinski definition) is 6. The van der Waals surface area contributed by atoms with Gasteiger partial charge in [-0.25, -0.2) is 0 Å². The first kappa shape index (κ1) is 64.1. The Labute approximate surface area is 510 Å². The Bertz CT molecular complexity index is 3470. The minimum absolute atomic E-state index is 0.0989. The zero-order chi connectivity index (χ0) is 63.2. The van der Waals surface area contributed by atoms with Crippen LogP contribution in [0.15, 0.2) is 84.9 Å². The largest absolute Gasteiger partial charge is 0.507 e. The van der Waals surface area contributed by atoms with Gasteiger partial charge in [-0.15, -0.1) is 0 Å². The predicted octanol–water partition coefficient (Wildman–Crippen LogP) is 18.5. The first-order chi connectivity index (χ1) is 38.9. The number of hydrogen-bond acceptors (Lipinski definition) is 7. The molecule has 0 radical (unpaired) electrons. The lowest BCUT2D eigenvalue weighted by atomic mass is 9.79. The zero-order valence-corrected chi connectivity index (χ0v) is 55.6. The smallest absolute Gasteiger partial charge is 0.125 e. The zero-order valence-electron chi connectivity index (χ0n) is 55.6. The molecule has 0 amide bonds. The SMILES string of the molecule is COc1c2cc(C(C)(C)C)cc1Cc1cc(C(C)(C)C)cc(c1O)Cc1cc(C(C)(C)C)cc(c1O)Cc1cc(C(C)(C)C)cc(c1O)Cc1cc(C(C)(C)C)cc(c1O)Cc1cc(C(C)(C)C)cc(c1O)Cc1cc(C(C)(C)C)cc(c1O)C2. The van der Waals surface area contributed by atoms with Gasteiger partial charge in [0.2, 0.25) is 0 Å². The van der Waals surface area contributed by atoms with Gasteiger partial charge in [0.25, 0.3) is 0 Å². The van der Waals surface area contributed by atoms with Crippen LogP contribution in [-0.2, 0) is 82.9 Å². The number of ether oxygens (including phenoxy) is 1. The van der Waals surface area contributed by atoms with Gasteiger partial charge in [0.05, 0.1) is 7.11 Å². The topological polar surface area (TPSA) is 131 Å². The quantitative estimate of drug-likeness (QED) is 0.0965. The Morgan fingerprint density at radius 1 is 0.212 bits per heavy atom. The van der Waals surface area contributed by atoms with E-state index in [0.29, 0.717) is 74.2 Å². The molecule has 85 heavy (non-hydrogen) atoms. The number of phenols is 6. The molecular formula is C78H100O7. The fourth-order valence-corrected chi connectivity index (χ4v) is 11.9. The third-order valence-electron chi connectivity index (χ3n) is 17.8. The van der Waals surface area contributed by atoms with E-state index in [1.807, 2.05) is 0 Å². The van der Waals surface area contributed by atoms with Crippen molar-refractivity contribution >= 4 is 0 Å². The van der Waals surface area contributed by atoms with Crippen LogP contribution in [0.4, 0.5) is 0 Å². The van der Waals surface area contributed by atoms with Crippen LogP contribution in [0.1, 0.15) is 262 Å². The maximum Gasteiger partial charge on any atom is 0.125 e. The molecule has 0 aromatic heterocycles. The van der Waals surface area contributed by atoms with Crippen molar-refractivity contribution in [1.82, 2.24) is 0 Å². The van der Waals surface area contributed by atoms with Gasteiger partial charge in [-0.3, -0.25) is 0 Å². The van der Waals surface area contributed by atoms with Crippen LogP contribution in [0.25, 0.3) is 0 Å². The standard InChI is InChI=1S/C78H100O7/c1-72(2,3)58-30-44-23-45-31-59(73(4,5)6)33-47(66(45)80)25-49-35-61(75(10,11)12)37-51(68(49)82)27-53-39-63(77(16,17)18)41-55(70(53)84)29-57-43-64(78(19,20)21)42-56(71(57)85-22)28-54-40-62(76(13,14)15)38-52(69(54)83)26-50-36-60(74(7,8)9)34-48(67(50)81)24-46(32-58)65(44)79/h30-43,79-84H,23-29H2,1-22H3. The van der Waals surface area contributed by atoms with Crippen LogP contribution in [0, 0.1) is 0 Å². The first-order valence-electron chi connectivity index (χ1n) is 30.7. The summed E-state index contributed by atoms with van der Waals surface area (Å²) >= 11 is 0. The molecule has 1 aliphatic rings. The molecule has 7 heteroatoms. The number of benzene rings is 7. The van der Waals surface area contributed by atoms with Crippen LogP contribution in [-0.4, -0.2) is 37.7 Å². The molecule has 0 aliphatic heterocycles. The second-order valence-electron chi connectivity index (χ2n) is 32.2. The maximum atomic E-state index is 12.8. The van der Waals surface area contributed by atoms with Gasteiger partial charge < -0.3 is 35.4 Å². The van der Waals surface area contributed by atoms with Crippen molar-refractivity contribution in [1.29, 1.82) is 0 Å². The second kappa shape index (κ2) is 22.4. The van der Waals surface area contributed by atoms with E-state index < -0.39 is 0 Å². The second-order valence-corrected chi connectivity index (χ2v) is 32.2. The molecule has 0 unspecified atom stereocenters. The fraction of sp³-hybridized carbons (Fsp3) is 0.462. The van der Waals surface area contributed by atoms with Crippen molar-refractivity contribution in [2.45, 2.75) is 228 Å². The molecule has 0 heterocycles. The first-order valence-corrected chi connectivity index (χ1v) is 30.7. The summed E-state index contributed by atoms with van der Waals surface area (Å²) < 4.78 is 6.47. The number of phenolic OH excluding ortho intramolecular Hbond substituents is 6. The highest BCUT2D eigenvalue weighted by Gasteiger charge is 2.31. The summed E-state index contributed by atoms with van der Waals surface area (Å²) in [6, 6.07) is 29.2. The minimum atomic E-state index is -0.330. The van der Waals surface area contributed by atoms with E-state index >= 15 is 0 Å². The molecule has 0 fully saturated rings. The van der Waals surface area contributed by atoms with E-state index in [9.17, 15) is 30.6 Å². The monoisotopic (exact) mass is 1150 g/mol. The molecule has 7 aromatic rings. The molecule has 0 spiro atoms. The van der Waals surface area contributed by atoms with Crippen molar-refractivity contribution in [2.24, 2.45) is 0 Å². The Hall–Kier alpha value is -6.86. The summed E-state index contributed by atoms with van der Waals surface area (Å²) in [7, 11) is 1.70. The van der Waals surface area contributed by atoms with E-state index in [4.69, 9.17) is 4.74 Å². The minimum Gasteiger partial charge on any atom is -0.507 e. The lowest BCUT2D eigenvalue weighted by molar-refractivity contribution is 0.404. The third kappa shape index (κ3) is 13.9. The predicted molar refractivity (Wildman–Crippen MR) is 352 cm³/mol. The molecular weight excluding hydrogens is 1050 g/mol. The summed E-state index contributed by atoms with van der Waals surface area (Å²) in [5.41, 5.74) is 14.9. The molecule has 0 saturated carbocycles. The van der Waals surface area contributed by atoms with Crippen molar-refractivity contribution in [2.75, 3.05) is 7.11 Å². The van der Waals surface area contributed by atoms with E-state index in [1.165, 1.54) is 0 Å². The molecule has 14 bridgehead atoms. The lowest BCUT2D eigenvalue weighted by Crippen LogP contribution is -2.15. The highest BCUT2D eigenvalue weighted by atomic mass is 16.5. The van der Waals surface area contributed by atoms with Crippen LogP contribution in [0.2, 0.25) is 0 Å². The molecule has 454 valence electrons. The average molecular weight is 1150 g/mol. The summed E-state index contributed by atoms with van der Waals surface area (Å²) in [4.78, 5) is 0. The van der Waals surface area contributed by atoms with Crippen molar-refractivity contribution in [3.63, 3.8) is 0 Å². The van der Waals surface area contributed by atoms with E-state index in [0.717, 1.165) is 61.2 Å². The van der Waals surface area contributed by atoms with Crippen LogP contribution in [0.5, 0.6) is 40.2 Å². The Morgan fingerprint density at radius 3 is 0.424 bits per heavy atom. The normalized spacial score (nSPS) is 14.2. The number of aromatic hydroxyl groups is 6. The lowest BCUT2D eigenvalue weighted by Gasteiger charge is -2.27. The number of methoxy groups -OCH3 is 1. The Morgan fingerprint density at radius 2 is 0.318 bits per heavy atom. The van der Waals surface area contributed by atoms with Crippen LogP contribution < -0.4 is 4.74 Å². The van der Waals surface area contributed by atoms with Gasteiger partial charge >= 0.3 is 0 Å². The van der Waals surface area contributed by atoms with E-state index in [-0.39, 0.29) is 105 Å². The van der Waals surface area contributed by atoms with Crippen molar-refractivity contribution in [3.05, 3.63) is 202 Å². The third-order valence-corrected chi connectivity index (χ3v) is 17.8. The van der Waals surface area contributed by atoms with Gasteiger partial charge in [0.15, 0.2) is 0 Å². The van der Waals surface area contributed by atoms with Crippen LogP contribution in [0.3, 0.4) is 0 Å². The van der Waals surface area contributed by atoms with Crippen molar-refractivity contribution in [3.8, 4) is 40.2 Å². The molecule has 6 N–H and O–H groups in total. The summed E-state index contributed by atoms with van der Waals surface area (Å²) in [5.74, 6) is 1.39. The average Bonchev–Trinajstić information content (AvgIpc) is 1.77. The highest BCUT2D eigenvalue weighted by Crippen LogP contribution is 2.46.